The minimum absolute atomic E-state index is 0.179. The summed E-state index contributed by atoms with van der Waals surface area (Å²) in [6.07, 6.45) is 6.24. The first-order valence-electron chi connectivity index (χ1n) is 9.04. The summed E-state index contributed by atoms with van der Waals surface area (Å²) in [5, 5.41) is 16.6. The van der Waals surface area contributed by atoms with E-state index in [4.69, 9.17) is 0 Å². The highest BCUT2D eigenvalue weighted by Gasteiger charge is 2.18. The van der Waals surface area contributed by atoms with Gasteiger partial charge in [-0.15, -0.1) is 0 Å². The van der Waals surface area contributed by atoms with E-state index in [1.54, 1.807) is 38.3 Å². The Balaban J connectivity index is 2.43. The number of hydrogen-bond donors (Lipinski definition) is 3. The number of aromatic nitrogens is 4. The first kappa shape index (κ1) is 20.5. The molecule has 144 valence electrons. The Hall–Kier alpha value is -2.80. The molecular formula is C20H28N6O. The fraction of sp³-hybridized carbons (Fsp3) is 0.400. The van der Waals surface area contributed by atoms with E-state index in [9.17, 15) is 5.11 Å². The van der Waals surface area contributed by atoms with Crippen molar-refractivity contribution >= 4 is 23.2 Å². The Morgan fingerprint density at radius 2 is 1.96 bits per heavy atom. The zero-order valence-electron chi connectivity index (χ0n) is 16.6. The second-order valence-electron chi connectivity index (χ2n) is 6.99. The first-order valence-corrected chi connectivity index (χ1v) is 9.04. The van der Waals surface area contributed by atoms with Gasteiger partial charge in [-0.05, 0) is 46.2 Å². The maximum Gasteiger partial charge on any atom is 0.232 e. The Morgan fingerprint density at radius 3 is 2.56 bits per heavy atom. The van der Waals surface area contributed by atoms with Crippen LogP contribution in [-0.4, -0.2) is 31.1 Å². The standard InChI is InChI=1S/C20H28N6O/c1-7-9-14(8-2)17-24-18(22-13(3)4)26-19(25-17)23-15-10-11-21-16(12-15)20(5,6)27/h8-13,27H,2,7H2,1,3-6H3,(H2,21,22,23,24,25,26). The quantitative estimate of drug-likeness (QED) is 0.605. The molecule has 0 aliphatic carbocycles. The number of hydrogen-bond acceptors (Lipinski definition) is 7. The summed E-state index contributed by atoms with van der Waals surface area (Å²) in [7, 11) is 0. The average molecular weight is 368 g/mol. The summed E-state index contributed by atoms with van der Waals surface area (Å²) in [6, 6.07) is 3.75. The van der Waals surface area contributed by atoms with Gasteiger partial charge in [0.05, 0.1) is 5.69 Å². The Bertz CT molecular complexity index is 823. The van der Waals surface area contributed by atoms with Gasteiger partial charge in [-0.25, -0.2) is 0 Å². The minimum Gasteiger partial charge on any atom is -0.384 e. The first-order chi connectivity index (χ1) is 12.7. The van der Waals surface area contributed by atoms with Gasteiger partial charge in [-0.2, -0.15) is 15.0 Å². The monoisotopic (exact) mass is 368 g/mol. The van der Waals surface area contributed by atoms with Crippen LogP contribution >= 0.6 is 0 Å². The summed E-state index contributed by atoms with van der Waals surface area (Å²) in [4.78, 5) is 17.7. The van der Waals surface area contributed by atoms with Gasteiger partial charge in [0.2, 0.25) is 11.9 Å². The van der Waals surface area contributed by atoms with Gasteiger partial charge in [-0.1, -0.05) is 25.7 Å². The van der Waals surface area contributed by atoms with E-state index in [1.807, 2.05) is 26.8 Å². The third-order valence-corrected chi connectivity index (χ3v) is 3.60. The molecule has 0 aliphatic heterocycles. The molecule has 0 radical (unpaired) electrons. The van der Waals surface area contributed by atoms with E-state index in [-0.39, 0.29) is 6.04 Å². The van der Waals surface area contributed by atoms with Crippen LogP contribution in [0.4, 0.5) is 17.6 Å². The molecule has 0 atom stereocenters. The maximum atomic E-state index is 10.2. The number of aliphatic hydroxyl groups is 1. The summed E-state index contributed by atoms with van der Waals surface area (Å²) < 4.78 is 0. The Morgan fingerprint density at radius 1 is 1.26 bits per heavy atom. The van der Waals surface area contributed by atoms with Gasteiger partial charge in [0.1, 0.15) is 5.60 Å². The van der Waals surface area contributed by atoms with E-state index >= 15 is 0 Å². The van der Waals surface area contributed by atoms with Crippen LogP contribution in [0.2, 0.25) is 0 Å². The molecule has 0 aromatic carbocycles. The Kier molecular flexibility index (Phi) is 6.63. The molecule has 7 heteroatoms. The lowest BCUT2D eigenvalue weighted by Gasteiger charge is -2.17. The molecule has 0 saturated carbocycles. The van der Waals surface area contributed by atoms with Crippen molar-refractivity contribution in [1.82, 2.24) is 19.9 Å². The van der Waals surface area contributed by atoms with Gasteiger partial charge in [0.25, 0.3) is 0 Å². The van der Waals surface area contributed by atoms with Crippen LogP contribution in [0.5, 0.6) is 0 Å². The summed E-state index contributed by atoms with van der Waals surface area (Å²) in [5.41, 5.74) is 1.10. The molecule has 2 heterocycles. The zero-order chi connectivity index (χ0) is 20.0. The average Bonchev–Trinajstić information content (AvgIpc) is 2.58. The molecule has 2 aromatic heterocycles. The SMILES string of the molecule is C=CC(=CCC)c1nc(Nc2ccnc(C(C)(C)O)c2)nc(NC(C)C)n1. The summed E-state index contributed by atoms with van der Waals surface area (Å²) >= 11 is 0. The van der Waals surface area contributed by atoms with Gasteiger partial charge < -0.3 is 15.7 Å². The van der Waals surface area contributed by atoms with E-state index in [0.29, 0.717) is 23.4 Å². The highest BCUT2D eigenvalue weighted by atomic mass is 16.3. The molecule has 27 heavy (non-hydrogen) atoms. The largest absolute Gasteiger partial charge is 0.384 e. The fourth-order valence-electron chi connectivity index (χ4n) is 2.34. The summed E-state index contributed by atoms with van der Waals surface area (Å²) in [5.74, 6) is 1.43. The van der Waals surface area contributed by atoms with Gasteiger partial charge in [0.15, 0.2) is 5.82 Å². The lowest BCUT2D eigenvalue weighted by molar-refractivity contribution is 0.0739. The van der Waals surface area contributed by atoms with Crippen molar-refractivity contribution in [1.29, 1.82) is 0 Å². The normalized spacial score (nSPS) is 12.2. The molecule has 0 bridgehead atoms. The Labute approximate surface area is 160 Å². The van der Waals surface area contributed by atoms with Crippen LogP contribution in [0.1, 0.15) is 52.6 Å². The van der Waals surface area contributed by atoms with E-state index < -0.39 is 5.60 Å². The number of anilines is 3. The lowest BCUT2D eigenvalue weighted by atomic mass is 10.0. The van der Waals surface area contributed by atoms with Crippen LogP contribution in [0.25, 0.3) is 5.57 Å². The lowest BCUT2D eigenvalue weighted by Crippen LogP contribution is -2.18. The maximum absolute atomic E-state index is 10.2. The summed E-state index contributed by atoms with van der Waals surface area (Å²) in [6.45, 7) is 13.3. The van der Waals surface area contributed by atoms with E-state index in [2.05, 4.69) is 37.1 Å². The molecule has 3 N–H and O–H groups in total. The van der Waals surface area contributed by atoms with Crippen LogP contribution in [0.15, 0.2) is 37.1 Å². The number of rotatable bonds is 8. The van der Waals surface area contributed by atoms with Crippen LogP contribution < -0.4 is 10.6 Å². The van der Waals surface area contributed by atoms with Crippen molar-refractivity contribution in [2.24, 2.45) is 0 Å². The highest BCUT2D eigenvalue weighted by Crippen LogP contribution is 2.23. The number of nitrogens with one attached hydrogen (secondary N) is 2. The van der Waals surface area contributed by atoms with Crippen LogP contribution in [0, 0.1) is 0 Å². The van der Waals surface area contributed by atoms with Crippen molar-refractivity contribution in [3.05, 3.63) is 48.6 Å². The highest BCUT2D eigenvalue weighted by molar-refractivity contribution is 5.70. The predicted molar refractivity (Wildman–Crippen MR) is 110 cm³/mol. The molecular weight excluding hydrogens is 340 g/mol. The second-order valence-corrected chi connectivity index (χ2v) is 6.99. The number of pyridine rings is 1. The number of allylic oxidation sites excluding steroid dienone is 3. The zero-order valence-corrected chi connectivity index (χ0v) is 16.6. The van der Waals surface area contributed by atoms with Crippen molar-refractivity contribution in [2.45, 2.75) is 52.7 Å². The third kappa shape index (κ3) is 5.86. The fourth-order valence-corrected chi connectivity index (χ4v) is 2.34. The smallest absolute Gasteiger partial charge is 0.232 e. The molecule has 2 rings (SSSR count). The molecule has 0 amide bonds. The molecule has 2 aromatic rings. The molecule has 0 fully saturated rings. The molecule has 7 nitrogen and oxygen atoms in total. The molecule has 0 saturated heterocycles. The van der Waals surface area contributed by atoms with Gasteiger partial charge in [0, 0.05) is 23.5 Å². The number of nitrogens with zero attached hydrogens (tertiary/aromatic N) is 4. The van der Waals surface area contributed by atoms with Gasteiger partial charge >= 0.3 is 0 Å². The van der Waals surface area contributed by atoms with Crippen molar-refractivity contribution in [3.63, 3.8) is 0 Å². The van der Waals surface area contributed by atoms with E-state index in [0.717, 1.165) is 17.7 Å². The third-order valence-electron chi connectivity index (χ3n) is 3.60. The van der Waals surface area contributed by atoms with Crippen molar-refractivity contribution in [2.75, 3.05) is 10.6 Å². The molecule has 0 spiro atoms. The van der Waals surface area contributed by atoms with E-state index in [1.165, 1.54) is 0 Å². The second kappa shape index (κ2) is 8.73. The van der Waals surface area contributed by atoms with Crippen LogP contribution in [0.3, 0.4) is 0 Å². The molecule has 0 aliphatic rings. The topological polar surface area (TPSA) is 95.9 Å². The van der Waals surface area contributed by atoms with Gasteiger partial charge in [-0.3, -0.25) is 4.98 Å². The predicted octanol–water partition coefficient (Wildman–Crippen LogP) is 4.04. The van der Waals surface area contributed by atoms with Crippen molar-refractivity contribution < 1.29 is 5.11 Å². The van der Waals surface area contributed by atoms with Crippen molar-refractivity contribution in [3.8, 4) is 0 Å². The minimum atomic E-state index is -1.04. The van der Waals surface area contributed by atoms with Crippen LogP contribution in [-0.2, 0) is 5.60 Å². The molecule has 0 unspecified atom stereocenters.